The summed E-state index contributed by atoms with van der Waals surface area (Å²) >= 11 is 0. The summed E-state index contributed by atoms with van der Waals surface area (Å²) in [7, 11) is 1.61. The summed E-state index contributed by atoms with van der Waals surface area (Å²) < 4.78 is 12.4. The molecule has 0 saturated carbocycles. The lowest BCUT2D eigenvalue weighted by molar-refractivity contribution is 0.104. The van der Waals surface area contributed by atoms with Gasteiger partial charge in [0.15, 0.2) is 5.82 Å². The Kier molecular flexibility index (Phi) is 4.73. The Hall–Kier alpha value is -2.84. The van der Waals surface area contributed by atoms with Crippen LogP contribution in [0, 0.1) is 5.92 Å². The average molecular weight is 393 g/mol. The molecule has 8 heteroatoms. The van der Waals surface area contributed by atoms with Crippen molar-refractivity contribution in [2.75, 3.05) is 20.2 Å². The first-order valence-electron chi connectivity index (χ1n) is 9.88. The molecule has 2 bridgehead atoms. The monoisotopic (exact) mass is 393 g/mol. The third-order valence-electron chi connectivity index (χ3n) is 5.74. The number of rotatable bonds is 5. The fraction of sp³-hybridized carbons (Fsp3) is 0.429. The molecule has 0 aliphatic carbocycles. The Morgan fingerprint density at radius 3 is 3.00 bits per heavy atom. The zero-order valence-electron chi connectivity index (χ0n) is 16.3. The summed E-state index contributed by atoms with van der Waals surface area (Å²) in [5.41, 5.74) is 2.88. The summed E-state index contributed by atoms with van der Waals surface area (Å²) in [5.74, 6) is 1.93. The molecule has 3 aromatic heterocycles. The fourth-order valence-electron chi connectivity index (χ4n) is 4.60. The molecule has 0 amide bonds. The molecular formula is C21H23N5O3. The number of nitrogens with zero attached hydrogens (tertiary/aromatic N) is 5. The number of likely N-dealkylation sites (tertiary alicyclic amines) is 1. The van der Waals surface area contributed by atoms with Gasteiger partial charge < -0.3 is 13.8 Å². The third kappa shape index (κ3) is 3.61. The van der Waals surface area contributed by atoms with Gasteiger partial charge in [-0.05, 0) is 30.5 Å². The van der Waals surface area contributed by atoms with Gasteiger partial charge in [0.2, 0.25) is 5.89 Å². The molecule has 2 aliphatic rings. The van der Waals surface area contributed by atoms with Crippen LogP contribution in [-0.2, 0) is 24.4 Å². The lowest BCUT2D eigenvalue weighted by atomic mass is 9.82. The van der Waals surface area contributed by atoms with Crippen molar-refractivity contribution in [3.05, 3.63) is 64.3 Å². The Bertz CT molecular complexity index is 1060. The SMILES string of the molecule is COCc1noc(CN2C[C@@H]3C[C@H](C2)c2cc(-c4ccccn4)cc(=O)n2C3)n1. The third-order valence-corrected chi connectivity index (χ3v) is 5.74. The maximum absolute atomic E-state index is 12.8. The van der Waals surface area contributed by atoms with Crippen LogP contribution in [0.25, 0.3) is 11.3 Å². The Balaban J connectivity index is 1.40. The highest BCUT2D eigenvalue weighted by atomic mass is 16.5. The summed E-state index contributed by atoms with van der Waals surface area (Å²) in [4.78, 5) is 24.0. The lowest BCUT2D eigenvalue weighted by Gasteiger charge is -2.42. The van der Waals surface area contributed by atoms with E-state index in [1.807, 2.05) is 22.8 Å². The number of hydrogen-bond donors (Lipinski definition) is 0. The molecule has 0 radical (unpaired) electrons. The molecule has 150 valence electrons. The van der Waals surface area contributed by atoms with E-state index >= 15 is 0 Å². The van der Waals surface area contributed by atoms with E-state index in [1.165, 1.54) is 0 Å². The zero-order valence-corrected chi connectivity index (χ0v) is 16.3. The Morgan fingerprint density at radius 1 is 1.24 bits per heavy atom. The van der Waals surface area contributed by atoms with Gasteiger partial charge in [0.25, 0.3) is 5.56 Å². The van der Waals surface area contributed by atoms with E-state index in [-0.39, 0.29) is 5.56 Å². The first kappa shape index (κ1) is 18.2. The summed E-state index contributed by atoms with van der Waals surface area (Å²) in [5, 5.41) is 3.95. The molecule has 0 spiro atoms. The maximum atomic E-state index is 12.8. The van der Waals surface area contributed by atoms with Gasteiger partial charge in [0, 0.05) is 56.2 Å². The van der Waals surface area contributed by atoms with Gasteiger partial charge in [-0.1, -0.05) is 11.2 Å². The van der Waals surface area contributed by atoms with Crippen LogP contribution in [0.15, 0.2) is 45.8 Å². The molecule has 3 aromatic rings. The highest BCUT2D eigenvalue weighted by molar-refractivity contribution is 5.59. The number of pyridine rings is 2. The van der Waals surface area contributed by atoms with E-state index in [2.05, 4.69) is 26.1 Å². The molecule has 8 nitrogen and oxygen atoms in total. The molecule has 0 aromatic carbocycles. The number of ether oxygens (including phenoxy) is 1. The van der Waals surface area contributed by atoms with Gasteiger partial charge in [-0.2, -0.15) is 4.98 Å². The first-order valence-corrected chi connectivity index (χ1v) is 9.88. The highest BCUT2D eigenvalue weighted by Gasteiger charge is 2.35. The van der Waals surface area contributed by atoms with Crippen LogP contribution in [0.2, 0.25) is 0 Å². The van der Waals surface area contributed by atoms with Crippen molar-refractivity contribution in [2.24, 2.45) is 5.92 Å². The quantitative estimate of drug-likeness (QED) is 0.656. The van der Waals surface area contributed by atoms with Gasteiger partial charge in [0.05, 0.1) is 12.2 Å². The largest absolute Gasteiger partial charge is 0.377 e. The van der Waals surface area contributed by atoms with Crippen LogP contribution < -0.4 is 5.56 Å². The van der Waals surface area contributed by atoms with Crippen molar-refractivity contribution >= 4 is 0 Å². The molecule has 29 heavy (non-hydrogen) atoms. The first-order chi connectivity index (χ1) is 14.2. The number of fused-ring (bicyclic) bond motifs is 4. The predicted octanol–water partition coefficient (Wildman–Crippen LogP) is 2.06. The van der Waals surface area contributed by atoms with Gasteiger partial charge in [-0.25, -0.2) is 0 Å². The standard InChI is InChI=1S/C21H23N5O3/c1-28-13-19-23-20(29-24-19)12-25-9-14-6-16(11-25)18-7-15(8-21(27)26(18)10-14)17-4-2-3-5-22-17/h2-5,7-8,14,16H,6,9-13H2,1H3/t14-,16+/m0/s1. The molecular weight excluding hydrogens is 370 g/mol. The Labute approximate surface area is 168 Å². The van der Waals surface area contributed by atoms with Gasteiger partial charge >= 0.3 is 0 Å². The van der Waals surface area contributed by atoms with Crippen LogP contribution in [0.4, 0.5) is 0 Å². The second-order valence-corrected chi connectivity index (χ2v) is 7.86. The van der Waals surface area contributed by atoms with E-state index in [9.17, 15) is 4.79 Å². The number of piperidine rings is 1. The van der Waals surface area contributed by atoms with E-state index in [0.717, 1.165) is 43.0 Å². The average Bonchev–Trinajstić information content (AvgIpc) is 3.16. The van der Waals surface area contributed by atoms with Crippen molar-refractivity contribution in [3.8, 4) is 11.3 Å². The molecule has 2 aliphatic heterocycles. The minimum atomic E-state index is 0.0624. The fourth-order valence-corrected chi connectivity index (χ4v) is 4.60. The van der Waals surface area contributed by atoms with Crippen LogP contribution in [-0.4, -0.2) is 44.8 Å². The predicted molar refractivity (Wildman–Crippen MR) is 105 cm³/mol. The molecule has 1 saturated heterocycles. The van der Waals surface area contributed by atoms with Crippen molar-refractivity contribution in [1.29, 1.82) is 0 Å². The molecule has 1 fully saturated rings. The van der Waals surface area contributed by atoms with Crippen LogP contribution in [0.5, 0.6) is 0 Å². The zero-order chi connectivity index (χ0) is 19.8. The van der Waals surface area contributed by atoms with E-state index in [1.54, 1.807) is 19.4 Å². The summed E-state index contributed by atoms with van der Waals surface area (Å²) in [6, 6.07) is 9.61. The van der Waals surface area contributed by atoms with Crippen molar-refractivity contribution in [3.63, 3.8) is 0 Å². The second kappa shape index (κ2) is 7.53. The second-order valence-electron chi connectivity index (χ2n) is 7.86. The number of aromatic nitrogens is 4. The normalized spacial score (nSPS) is 21.1. The Morgan fingerprint density at radius 2 is 2.17 bits per heavy atom. The number of hydrogen-bond acceptors (Lipinski definition) is 7. The molecule has 0 N–H and O–H groups in total. The van der Waals surface area contributed by atoms with Crippen molar-refractivity contribution in [2.45, 2.75) is 32.0 Å². The molecule has 2 atom stereocenters. The lowest BCUT2D eigenvalue weighted by Crippen LogP contribution is -2.46. The van der Waals surface area contributed by atoms with E-state index in [4.69, 9.17) is 9.26 Å². The highest BCUT2D eigenvalue weighted by Crippen LogP contribution is 2.36. The van der Waals surface area contributed by atoms with Crippen LogP contribution in [0.3, 0.4) is 0 Å². The topological polar surface area (TPSA) is 86.3 Å². The molecule has 5 heterocycles. The van der Waals surface area contributed by atoms with Gasteiger partial charge in [-0.3, -0.25) is 14.7 Å². The molecule has 5 rings (SSSR count). The minimum Gasteiger partial charge on any atom is -0.377 e. The minimum absolute atomic E-state index is 0.0624. The van der Waals surface area contributed by atoms with E-state index < -0.39 is 0 Å². The van der Waals surface area contributed by atoms with Crippen LogP contribution >= 0.6 is 0 Å². The van der Waals surface area contributed by atoms with Crippen molar-refractivity contribution in [1.82, 2.24) is 24.6 Å². The molecule has 0 unspecified atom stereocenters. The van der Waals surface area contributed by atoms with Crippen LogP contribution in [0.1, 0.15) is 29.7 Å². The van der Waals surface area contributed by atoms with Gasteiger partial charge in [0.1, 0.15) is 6.61 Å². The van der Waals surface area contributed by atoms with Crippen molar-refractivity contribution < 1.29 is 9.26 Å². The maximum Gasteiger partial charge on any atom is 0.251 e. The summed E-state index contributed by atoms with van der Waals surface area (Å²) in [6.45, 7) is 3.51. The summed E-state index contributed by atoms with van der Waals surface area (Å²) in [6.07, 6.45) is 2.85. The van der Waals surface area contributed by atoms with Gasteiger partial charge in [-0.15, -0.1) is 0 Å². The van der Waals surface area contributed by atoms with E-state index in [0.29, 0.717) is 36.7 Å². The smallest absolute Gasteiger partial charge is 0.251 e. The number of methoxy groups -OCH3 is 1.